The number of esters is 1. The molecule has 0 bridgehead atoms. The maximum atomic E-state index is 12.3. The van der Waals surface area contributed by atoms with E-state index in [0.29, 0.717) is 12.0 Å². The molecule has 5 nitrogen and oxygen atoms in total. The number of hydrogen-bond donors (Lipinski definition) is 1. The molecule has 1 N–H and O–H groups in total. The zero-order chi connectivity index (χ0) is 19.3. The zero-order valence-corrected chi connectivity index (χ0v) is 15.1. The lowest BCUT2D eigenvalue weighted by atomic mass is 10.1. The highest BCUT2D eigenvalue weighted by Crippen LogP contribution is 2.28. The molecule has 3 aromatic carbocycles. The van der Waals surface area contributed by atoms with Crippen LogP contribution in [0.4, 0.5) is 5.69 Å². The minimum Gasteiger partial charge on any atom is -0.478 e. The van der Waals surface area contributed by atoms with Gasteiger partial charge in [0.05, 0.1) is 0 Å². The molecule has 28 heavy (non-hydrogen) atoms. The summed E-state index contributed by atoms with van der Waals surface area (Å²) in [5.74, 6) is 0.159. The number of rotatable bonds is 5. The summed E-state index contributed by atoms with van der Waals surface area (Å²) < 4.78 is 11.0. The number of benzene rings is 3. The lowest BCUT2D eigenvalue weighted by molar-refractivity contribution is -0.152. The van der Waals surface area contributed by atoms with E-state index < -0.39 is 6.10 Å². The van der Waals surface area contributed by atoms with Crippen molar-refractivity contribution >= 4 is 17.6 Å². The molecule has 0 saturated carbocycles. The van der Waals surface area contributed by atoms with E-state index in [-0.39, 0.29) is 18.5 Å². The van der Waals surface area contributed by atoms with Crippen LogP contribution in [0.5, 0.6) is 5.75 Å². The van der Waals surface area contributed by atoms with Crippen molar-refractivity contribution < 1.29 is 19.1 Å². The van der Waals surface area contributed by atoms with E-state index >= 15 is 0 Å². The zero-order valence-electron chi connectivity index (χ0n) is 15.1. The SMILES string of the molecule is O=C(Nc1ccccc1)c1ccc(COC(=O)[C@H]2Cc3ccccc3O2)cc1. The second kappa shape index (κ2) is 7.96. The van der Waals surface area contributed by atoms with Gasteiger partial charge in [-0.2, -0.15) is 0 Å². The standard InChI is InChI=1S/C23H19NO4/c25-22(24-19-7-2-1-3-8-19)17-12-10-16(11-13-17)15-27-23(26)21-14-18-6-4-5-9-20(18)28-21/h1-13,21H,14-15H2,(H,24,25)/t21-/m1/s1. The summed E-state index contributed by atoms with van der Waals surface area (Å²) >= 11 is 0. The molecule has 4 rings (SSSR count). The third-order valence-electron chi connectivity index (χ3n) is 4.54. The fraction of sp³-hybridized carbons (Fsp3) is 0.130. The Hall–Kier alpha value is -3.60. The lowest BCUT2D eigenvalue weighted by Gasteiger charge is -2.11. The number of carbonyl (C=O) groups excluding carboxylic acids is 2. The predicted molar refractivity (Wildman–Crippen MR) is 105 cm³/mol. The molecule has 0 fully saturated rings. The summed E-state index contributed by atoms with van der Waals surface area (Å²) in [5.41, 5.74) is 3.09. The van der Waals surface area contributed by atoms with Crippen LogP contribution in [-0.4, -0.2) is 18.0 Å². The number of amides is 1. The van der Waals surface area contributed by atoms with Gasteiger partial charge in [-0.1, -0.05) is 48.5 Å². The maximum absolute atomic E-state index is 12.3. The van der Waals surface area contributed by atoms with Crippen molar-refractivity contribution in [2.24, 2.45) is 0 Å². The Morgan fingerprint density at radius 1 is 0.929 bits per heavy atom. The number of carbonyl (C=O) groups is 2. The van der Waals surface area contributed by atoms with Crippen molar-refractivity contribution in [1.82, 2.24) is 0 Å². The molecule has 5 heteroatoms. The molecule has 1 amide bonds. The molecule has 0 aromatic heterocycles. The van der Waals surface area contributed by atoms with Crippen molar-refractivity contribution in [1.29, 1.82) is 0 Å². The van der Waals surface area contributed by atoms with Crippen LogP contribution in [0.1, 0.15) is 21.5 Å². The minimum atomic E-state index is -0.603. The Morgan fingerprint density at radius 2 is 1.64 bits per heavy atom. The first-order valence-corrected chi connectivity index (χ1v) is 9.05. The maximum Gasteiger partial charge on any atom is 0.348 e. The molecule has 0 unspecified atom stereocenters. The van der Waals surface area contributed by atoms with Gasteiger partial charge in [-0.3, -0.25) is 4.79 Å². The Balaban J connectivity index is 1.30. The molecule has 0 aliphatic carbocycles. The van der Waals surface area contributed by atoms with E-state index in [9.17, 15) is 9.59 Å². The van der Waals surface area contributed by atoms with Crippen LogP contribution >= 0.6 is 0 Å². The van der Waals surface area contributed by atoms with E-state index in [1.54, 1.807) is 24.3 Å². The van der Waals surface area contributed by atoms with Gasteiger partial charge >= 0.3 is 5.97 Å². The number of ether oxygens (including phenoxy) is 2. The van der Waals surface area contributed by atoms with Crippen molar-refractivity contribution in [3.63, 3.8) is 0 Å². The van der Waals surface area contributed by atoms with Gasteiger partial charge in [0, 0.05) is 17.7 Å². The van der Waals surface area contributed by atoms with Gasteiger partial charge in [0.25, 0.3) is 5.91 Å². The first-order chi connectivity index (χ1) is 13.7. The lowest BCUT2D eigenvalue weighted by Crippen LogP contribution is -2.27. The van der Waals surface area contributed by atoms with E-state index in [1.807, 2.05) is 54.6 Å². The minimum absolute atomic E-state index is 0.135. The summed E-state index contributed by atoms with van der Waals surface area (Å²) in [6.45, 7) is 0.135. The topological polar surface area (TPSA) is 64.6 Å². The van der Waals surface area contributed by atoms with E-state index in [0.717, 1.165) is 22.6 Å². The first kappa shape index (κ1) is 17.8. The van der Waals surface area contributed by atoms with Gasteiger partial charge in [-0.05, 0) is 41.5 Å². The number of fused-ring (bicyclic) bond motifs is 1. The van der Waals surface area contributed by atoms with Gasteiger partial charge in [-0.25, -0.2) is 4.79 Å². The highest BCUT2D eigenvalue weighted by atomic mass is 16.6. The molecule has 1 aliphatic heterocycles. The van der Waals surface area contributed by atoms with E-state index in [1.165, 1.54) is 0 Å². The second-order valence-corrected chi connectivity index (χ2v) is 6.54. The third kappa shape index (κ3) is 4.04. The van der Waals surface area contributed by atoms with Gasteiger partial charge in [0.15, 0.2) is 6.10 Å². The molecule has 0 spiro atoms. The summed E-state index contributed by atoms with van der Waals surface area (Å²) in [4.78, 5) is 24.5. The fourth-order valence-corrected chi connectivity index (χ4v) is 3.04. The Bertz CT molecular complexity index is 958. The Labute approximate surface area is 162 Å². The molecule has 3 aromatic rings. The van der Waals surface area contributed by atoms with Gasteiger partial charge < -0.3 is 14.8 Å². The molecule has 1 heterocycles. The number of anilines is 1. The van der Waals surface area contributed by atoms with Crippen LogP contribution in [0.25, 0.3) is 0 Å². The molecular weight excluding hydrogens is 354 g/mol. The summed E-state index contributed by atoms with van der Waals surface area (Å²) in [5, 5.41) is 2.83. The average molecular weight is 373 g/mol. The number of para-hydroxylation sites is 2. The van der Waals surface area contributed by atoms with Gasteiger partial charge in [0.2, 0.25) is 0 Å². The van der Waals surface area contributed by atoms with Crippen LogP contribution in [0, 0.1) is 0 Å². The van der Waals surface area contributed by atoms with Crippen LogP contribution < -0.4 is 10.1 Å². The average Bonchev–Trinajstić information content (AvgIpc) is 3.17. The number of hydrogen-bond acceptors (Lipinski definition) is 4. The van der Waals surface area contributed by atoms with Crippen molar-refractivity contribution in [3.8, 4) is 5.75 Å². The molecule has 0 saturated heterocycles. The van der Waals surface area contributed by atoms with E-state index in [4.69, 9.17) is 9.47 Å². The van der Waals surface area contributed by atoms with Gasteiger partial charge in [-0.15, -0.1) is 0 Å². The predicted octanol–water partition coefficient (Wildman–Crippen LogP) is 3.99. The molecular formula is C23H19NO4. The Morgan fingerprint density at radius 3 is 2.39 bits per heavy atom. The largest absolute Gasteiger partial charge is 0.478 e. The fourth-order valence-electron chi connectivity index (χ4n) is 3.04. The summed E-state index contributed by atoms with van der Waals surface area (Å²) in [6, 6.07) is 23.8. The first-order valence-electron chi connectivity index (χ1n) is 9.05. The highest BCUT2D eigenvalue weighted by molar-refractivity contribution is 6.04. The van der Waals surface area contributed by atoms with Crippen LogP contribution in [0.15, 0.2) is 78.9 Å². The molecule has 140 valence electrons. The molecule has 0 radical (unpaired) electrons. The smallest absolute Gasteiger partial charge is 0.348 e. The summed E-state index contributed by atoms with van der Waals surface area (Å²) in [7, 11) is 0. The van der Waals surface area contributed by atoms with Crippen LogP contribution in [0.2, 0.25) is 0 Å². The normalized spacial score (nSPS) is 14.6. The quantitative estimate of drug-likeness (QED) is 0.687. The van der Waals surface area contributed by atoms with Crippen LogP contribution in [-0.2, 0) is 22.6 Å². The van der Waals surface area contributed by atoms with Crippen LogP contribution in [0.3, 0.4) is 0 Å². The van der Waals surface area contributed by atoms with Crippen molar-refractivity contribution in [2.75, 3.05) is 5.32 Å². The van der Waals surface area contributed by atoms with Crippen molar-refractivity contribution in [3.05, 3.63) is 95.6 Å². The highest BCUT2D eigenvalue weighted by Gasteiger charge is 2.30. The summed E-state index contributed by atoms with van der Waals surface area (Å²) in [6.07, 6.45) is -0.0820. The number of nitrogens with one attached hydrogen (secondary N) is 1. The molecule has 1 atom stereocenters. The van der Waals surface area contributed by atoms with Crippen molar-refractivity contribution in [2.45, 2.75) is 19.1 Å². The Kier molecular flexibility index (Phi) is 5.06. The molecule has 1 aliphatic rings. The van der Waals surface area contributed by atoms with Gasteiger partial charge in [0.1, 0.15) is 12.4 Å². The third-order valence-corrected chi connectivity index (χ3v) is 4.54. The second-order valence-electron chi connectivity index (χ2n) is 6.54. The van der Waals surface area contributed by atoms with E-state index in [2.05, 4.69) is 5.32 Å². The monoisotopic (exact) mass is 373 g/mol.